The Labute approximate surface area is 97.9 Å². The van der Waals surface area contributed by atoms with E-state index in [1.165, 1.54) is 24.3 Å². The van der Waals surface area contributed by atoms with Gasteiger partial charge in [0.05, 0.1) is 0 Å². The molecule has 96 valence electrons. The zero-order valence-electron chi connectivity index (χ0n) is 8.65. The number of rotatable bonds is 4. The first kappa shape index (κ1) is 14.4. The molecule has 0 aliphatic carbocycles. The highest BCUT2D eigenvalue weighted by atomic mass is 31.2. The van der Waals surface area contributed by atoms with Crippen molar-refractivity contribution >= 4 is 21.3 Å². The van der Waals surface area contributed by atoms with Gasteiger partial charge in [-0.1, -0.05) is 12.1 Å². The first-order valence-corrected chi connectivity index (χ1v) is 7.49. The largest absolute Gasteiger partial charge is 0.399 e. The van der Waals surface area contributed by atoms with Gasteiger partial charge in [0.1, 0.15) is 0 Å². The van der Waals surface area contributed by atoms with Crippen LogP contribution in [0.15, 0.2) is 24.3 Å². The zero-order valence-corrected chi connectivity index (χ0v) is 10.5. The van der Waals surface area contributed by atoms with Crippen LogP contribution in [0.2, 0.25) is 0 Å². The molecule has 0 aliphatic rings. The molecule has 2 unspecified atom stereocenters. The summed E-state index contributed by atoms with van der Waals surface area (Å²) >= 11 is 0. The summed E-state index contributed by atoms with van der Waals surface area (Å²) in [5.41, 5.74) is 6.15. The first-order chi connectivity index (χ1) is 7.67. The molecule has 0 saturated carbocycles. The van der Waals surface area contributed by atoms with Crippen molar-refractivity contribution in [3.05, 3.63) is 29.8 Å². The number of anilines is 1. The Hall–Kier alpha value is -0.680. The molecule has 0 aliphatic heterocycles. The molecule has 0 amide bonds. The molecule has 1 aromatic carbocycles. The molecule has 2 atom stereocenters. The third-order valence-corrected chi connectivity index (χ3v) is 5.69. The number of hydrogen-bond donors (Lipinski definition) is 5. The first-order valence-electron chi connectivity index (χ1n) is 4.52. The van der Waals surface area contributed by atoms with Gasteiger partial charge in [-0.25, -0.2) is 0 Å². The SMILES string of the molecule is Nc1ccc(CC(O)([PH](=O)O)P(=O)(O)O)cc1. The molecule has 9 heteroatoms. The van der Waals surface area contributed by atoms with Gasteiger partial charge in [-0.2, -0.15) is 0 Å². The van der Waals surface area contributed by atoms with Crippen molar-refractivity contribution in [1.82, 2.24) is 0 Å². The topological polar surface area (TPSA) is 141 Å². The standard InChI is InChI=1S/C8H13NO6P2/c9-7-3-1-6(2-4-7)5-8(10,16(11)12)17(13,14)15/h1-4,10,16H,5,9H2,(H,11,12)(H2,13,14,15). The summed E-state index contributed by atoms with van der Waals surface area (Å²) in [5, 5.41) is 6.70. The van der Waals surface area contributed by atoms with Crippen molar-refractivity contribution in [2.45, 2.75) is 11.5 Å². The second-order valence-electron chi connectivity index (χ2n) is 3.58. The van der Waals surface area contributed by atoms with Crippen LogP contribution >= 0.6 is 15.6 Å². The van der Waals surface area contributed by atoms with Crippen molar-refractivity contribution in [2.75, 3.05) is 5.73 Å². The van der Waals surface area contributed by atoms with Gasteiger partial charge in [0.25, 0.3) is 0 Å². The normalized spacial score (nSPS) is 17.4. The molecule has 0 aromatic heterocycles. The number of nitrogen functional groups attached to an aromatic ring is 1. The average Bonchev–Trinajstić information content (AvgIpc) is 2.19. The molecular weight excluding hydrogens is 268 g/mol. The zero-order chi connectivity index (χ0) is 13.3. The van der Waals surface area contributed by atoms with Gasteiger partial charge in [-0.15, -0.1) is 0 Å². The van der Waals surface area contributed by atoms with Crippen LogP contribution in [0.3, 0.4) is 0 Å². The summed E-state index contributed by atoms with van der Waals surface area (Å²) in [6.45, 7) is 0. The summed E-state index contributed by atoms with van der Waals surface area (Å²) in [4.78, 5) is 26.8. The Morgan fingerprint density at radius 2 is 1.76 bits per heavy atom. The van der Waals surface area contributed by atoms with E-state index in [-0.39, 0.29) is 0 Å². The van der Waals surface area contributed by atoms with Gasteiger partial charge in [0.15, 0.2) is 0 Å². The van der Waals surface area contributed by atoms with Crippen molar-refractivity contribution in [2.24, 2.45) is 0 Å². The van der Waals surface area contributed by atoms with E-state index in [4.69, 9.17) is 20.4 Å². The lowest BCUT2D eigenvalue weighted by atomic mass is 10.1. The fourth-order valence-electron chi connectivity index (χ4n) is 1.22. The highest BCUT2D eigenvalue weighted by molar-refractivity contribution is 7.66. The van der Waals surface area contributed by atoms with Crippen molar-refractivity contribution in [3.8, 4) is 0 Å². The van der Waals surface area contributed by atoms with Gasteiger partial charge < -0.3 is 25.5 Å². The van der Waals surface area contributed by atoms with E-state index in [9.17, 15) is 14.2 Å². The minimum Gasteiger partial charge on any atom is -0.399 e. The second kappa shape index (κ2) is 4.90. The molecule has 0 spiro atoms. The minimum absolute atomic E-state index is 0.303. The van der Waals surface area contributed by atoms with Crippen LogP contribution in [0, 0.1) is 0 Å². The molecule has 0 saturated heterocycles. The number of aliphatic hydroxyl groups is 1. The summed E-state index contributed by atoms with van der Waals surface area (Å²) in [5.74, 6) is 0. The Morgan fingerprint density at radius 3 is 2.12 bits per heavy atom. The van der Waals surface area contributed by atoms with E-state index in [2.05, 4.69) is 0 Å². The summed E-state index contributed by atoms with van der Waals surface area (Å²) in [6.07, 6.45) is -0.619. The summed E-state index contributed by atoms with van der Waals surface area (Å²) in [6, 6.07) is 5.76. The van der Waals surface area contributed by atoms with Gasteiger partial charge in [0.2, 0.25) is 13.1 Å². The van der Waals surface area contributed by atoms with Crippen LogP contribution in [0.25, 0.3) is 0 Å². The molecule has 6 N–H and O–H groups in total. The molecule has 1 aromatic rings. The van der Waals surface area contributed by atoms with Gasteiger partial charge in [-0.05, 0) is 17.7 Å². The van der Waals surface area contributed by atoms with E-state index < -0.39 is 27.1 Å². The fraction of sp³-hybridized carbons (Fsp3) is 0.250. The predicted octanol–water partition coefficient (Wildman–Crippen LogP) is 0.102. The Morgan fingerprint density at radius 1 is 1.29 bits per heavy atom. The van der Waals surface area contributed by atoms with Crippen molar-refractivity contribution in [3.63, 3.8) is 0 Å². The van der Waals surface area contributed by atoms with Gasteiger partial charge in [-0.3, -0.25) is 9.13 Å². The average molecular weight is 281 g/mol. The maximum absolute atomic E-state index is 11.1. The molecule has 0 fully saturated rings. The molecule has 17 heavy (non-hydrogen) atoms. The maximum Gasteiger partial charge on any atom is 0.366 e. The molecule has 0 bridgehead atoms. The van der Waals surface area contributed by atoms with E-state index in [0.717, 1.165) is 0 Å². The highest BCUT2D eigenvalue weighted by Gasteiger charge is 2.50. The third-order valence-electron chi connectivity index (χ3n) is 2.25. The summed E-state index contributed by atoms with van der Waals surface area (Å²) in [7, 11) is -8.94. The molecule has 0 heterocycles. The Kier molecular flexibility index (Phi) is 4.15. The van der Waals surface area contributed by atoms with Crippen LogP contribution < -0.4 is 5.73 Å². The Balaban J connectivity index is 3.08. The van der Waals surface area contributed by atoms with E-state index in [1.54, 1.807) is 0 Å². The van der Waals surface area contributed by atoms with Crippen LogP contribution in [-0.2, 0) is 15.6 Å². The van der Waals surface area contributed by atoms with Crippen LogP contribution in [-0.4, -0.2) is 24.9 Å². The van der Waals surface area contributed by atoms with Crippen LogP contribution in [0.1, 0.15) is 5.56 Å². The third kappa shape index (κ3) is 3.16. The lowest BCUT2D eigenvalue weighted by Gasteiger charge is -2.25. The molecule has 0 radical (unpaired) electrons. The second-order valence-corrected chi connectivity index (χ2v) is 7.27. The highest BCUT2D eigenvalue weighted by Crippen LogP contribution is 2.61. The maximum atomic E-state index is 11.1. The fourth-order valence-corrected chi connectivity index (χ4v) is 2.96. The van der Waals surface area contributed by atoms with Crippen molar-refractivity contribution < 1.29 is 28.9 Å². The van der Waals surface area contributed by atoms with E-state index in [1.807, 2.05) is 0 Å². The lowest BCUT2D eigenvalue weighted by Crippen LogP contribution is -2.27. The van der Waals surface area contributed by atoms with Gasteiger partial charge in [0, 0.05) is 12.1 Å². The van der Waals surface area contributed by atoms with Crippen LogP contribution in [0.5, 0.6) is 0 Å². The smallest absolute Gasteiger partial charge is 0.366 e. The van der Waals surface area contributed by atoms with Gasteiger partial charge >= 0.3 is 7.60 Å². The molecule has 7 nitrogen and oxygen atoms in total. The quantitative estimate of drug-likeness (QED) is 0.389. The number of benzene rings is 1. The number of hydrogen-bond acceptors (Lipinski definition) is 4. The molecular formula is C8H13NO6P2. The predicted molar refractivity (Wildman–Crippen MR) is 62.8 cm³/mol. The Bertz CT molecular complexity index is 469. The van der Waals surface area contributed by atoms with E-state index >= 15 is 0 Å². The number of nitrogens with two attached hydrogens (primary N) is 1. The minimum atomic E-state index is -5.11. The van der Waals surface area contributed by atoms with Crippen LogP contribution in [0.4, 0.5) is 5.69 Å². The summed E-state index contributed by atoms with van der Waals surface area (Å²) < 4.78 is 22.0. The van der Waals surface area contributed by atoms with E-state index in [0.29, 0.717) is 11.3 Å². The van der Waals surface area contributed by atoms with Crippen molar-refractivity contribution in [1.29, 1.82) is 0 Å². The monoisotopic (exact) mass is 281 g/mol. The molecule has 1 rings (SSSR count). The lowest BCUT2D eigenvalue weighted by molar-refractivity contribution is 0.154.